The van der Waals surface area contributed by atoms with E-state index >= 15 is 0 Å². The van der Waals surface area contributed by atoms with E-state index in [-0.39, 0.29) is 17.5 Å². The lowest BCUT2D eigenvalue weighted by Gasteiger charge is -2.38. The molecule has 2 atom stereocenters. The van der Waals surface area contributed by atoms with Gasteiger partial charge in [0.25, 0.3) is 0 Å². The van der Waals surface area contributed by atoms with Crippen LogP contribution in [-0.2, 0) is 10.3 Å². The zero-order valence-electron chi connectivity index (χ0n) is 21.4. The number of aliphatic imine (C=N–C) groups is 1. The SMILES string of the molecule is C=C/C=C(\S)CN1CCC(C(=O)N2CCC(n3c(C45CC4C=CCC=N5)nc4cccnc43)CC2)CC1. The van der Waals surface area contributed by atoms with Crippen LogP contribution in [0.25, 0.3) is 11.2 Å². The van der Waals surface area contributed by atoms with Crippen LogP contribution in [0.3, 0.4) is 0 Å². The fourth-order valence-corrected chi connectivity index (χ4v) is 6.73. The van der Waals surface area contributed by atoms with Gasteiger partial charge in [0.1, 0.15) is 16.9 Å². The van der Waals surface area contributed by atoms with Gasteiger partial charge in [-0.2, -0.15) is 0 Å². The summed E-state index contributed by atoms with van der Waals surface area (Å²) in [6, 6.07) is 4.30. The molecule has 1 amide bonds. The van der Waals surface area contributed by atoms with Crippen LogP contribution >= 0.6 is 12.6 Å². The lowest BCUT2D eigenvalue weighted by Crippen LogP contribution is -2.46. The van der Waals surface area contributed by atoms with E-state index in [2.05, 4.69) is 51.8 Å². The van der Waals surface area contributed by atoms with Crippen molar-refractivity contribution >= 4 is 35.9 Å². The van der Waals surface area contributed by atoms with Crippen molar-refractivity contribution in [1.82, 2.24) is 24.3 Å². The van der Waals surface area contributed by atoms with Crippen molar-refractivity contribution in [2.75, 3.05) is 32.7 Å². The number of hydrogen-bond donors (Lipinski definition) is 1. The predicted octanol–water partition coefficient (Wildman–Crippen LogP) is 4.55. The summed E-state index contributed by atoms with van der Waals surface area (Å²) >= 11 is 4.53. The minimum absolute atomic E-state index is 0.129. The molecule has 2 aromatic heterocycles. The average Bonchev–Trinajstić information content (AvgIpc) is 3.54. The molecule has 8 heteroatoms. The van der Waals surface area contributed by atoms with Crippen LogP contribution in [0.15, 0.2) is 59.1 Å². The molecule has 2 aromatic rings. The first-order valence-electron chi connectivity index (χ1n) is 13.6. The molecule has 1 aliphatic carbocycles. The smallest absolute Gasteiger partial charge is 0.225 e. The zero-order chi connectivity index (χ0) is 25.4. The number of fused-ring (bicyclic) bond motifs is 2. The van der Waals surface area contributed by atoms with Crippen molar-refractivity contribution < 1.29 is 4.79 Å². The van der Waals surface area contributed by atoms with Gasteiger partial charge in [-0.1, -0.05) is 30.9 Å². The second kappa shape index (κ2) is 10.2. The van der Waals surface area contributed by atoms with E-state index in [4.69, 9.17) is 15.0 Å². The van der Waals surface area contributed by atoms with E-state index in [9.17, 15) is 4.79 Å². The molecule has 37 heavy (non-hydrogen) atoms. The van der Waals surface area contributed by atoms with Crippen LogP contribution in [0.2, 0.25) is 0 Å². The van der Waals surface area contributed by atoms with Gasteiger partial charge in [0, 0.05) is 56.3 Å². The van der Waals surface area contributed by atoms with Crippen LogP contribution in [0, 0.1) is 11.8 Å². The largest absolute Gasteiger partial charge is 0.342 e. The summed E-state index contributed by atoms with van der Waals surface area (Å²) < 4.78 is 2.37. The van der Waals surface area contributed by atoms with E-state index in [1.807, 2.05) is 24.6 Å². The highest BCUT2D eigenvalue weighted by atomic mass is 32.1. The number of amides is 1. The number of rotatable bonds is 6. The Labute approximate surface area is 224 Å². The number of thiol groups is 1. The van der Waals surface area contributed by atoms with Crippen LogP contribution in [0.5, 0.6) is 0 Å². The van der Waals surface area contributed by atoms with E-state index in [1.54, 1.807) is 6.08 Å². The number of likely N-dealkylation sites (tertiary alicyclic amines) is 2. The Hall–Kier alpha value is -2.71. The molecule has 3 fully saturated rings. The van der Waals surface area contributed by atoms with Gasteiger partial charge >= 0.3 is 0 Å². The minimum atomic E-state index is -0.248. The molecular formula is C29H36N6OS. The molecule has 4 aliphatic rings. The molecule has 7 nitrogen and oxygen atoms in total. The van der Waals surface area contributed by atoms with Crippen molar-refractivity contribution in [2.24, 2.45) is 16.8 Å². The van der Waals surface area contributed by atoms with Crippen LogP contribution in [-0.4, -0.2) is 69.2 Å². The molecule has 1 saturated carbocycles. The van der Waals surface area contributed by atoms with Crippen LogP contribution < -0.4 is 0 Å². The van der Waals surface area contributed by atoms with Gasteiger partial charge in [0.2, 0.25) is 5.91 Å². The number of piperidine rings is 2. The fourth-order valence-electron chi connectivity index (χ4n) is 6.43. The molecule has 0 radical (unpaired) electrons. The molecule has 0 spiro atoms. The zero-order valence-corrected chi connectivity index (χ0v) is 22.3. The second-order valence-corrected chi connectivity index (χ2v) is 11.4. The Morgan fingerprint density at radius 1 is 1.19 bits per heavy atom. The van der Waals surface area contributed by atoms with Gasteiger partial charge in [-0.3, -0.25) is 14.7 Å². The van der Waals surface area contributed by atoms with E-state index in [0.29, 0.717) is 11.8 Å². The first-order chi connectivity index (χ1) is 18.1. The Morgan fingerprint density at radius 2 is 2.00 bits per heavy atom. The summed E-state index contributed by atoms with van der Waals surface area (Å²) in [6.07, 6.45) is 17.7. The molecule has 6 rings (SSSR count). The molecule has 2 saturated heterocycles. The number of aromatic nitrogens is 3. The molecule has 5 heterocycles. The maximum Gasteiger partial charge on any atom is 0.225 e. The Balaban J connectivity index is 1.13. The summed E-state index contributed by atoms with van der Waals surface area (Å²) in [7, 11) is 0. The number of carbonyl (C=O) groups excluding carboxylic acids is 1. The van der Waals surface area contributed by atoms with Gasteiger partial charge in [0.15, 0.2) is 5.65 Å². The van der Waals surface area contributed by atoms with Crippen LogP contribution in [0.4, 0.5) is 0 Å². The number of pyridine rings is 1. The maximum absolute atomic E-state index is 13.4. The first-order valence-corrected chi connectivity index (χ1v) is 14.1. The minimum Gasteiger partial charge on any atom is -0.342 e. The van der Waals surface area contributed by atoms with E-state index < -0.39 is 0 Å². The second-order valence-electron chi connectivity index (χ2n) is 10.9. The van der Waals surface area contributed by atoms with Crippen molar-refractivity contribution in [1.29, 1.82) is 0 Å². The van der Waals surface area contributed by atoms with Gasteiger partial charge in [-0.15, -0.1) is 12.6 Å². The normalized spacial score (nSPS) is 27.3. The monoisotopic (exact) mass is 516 g/mol. The third-order valence-corrected chi connectivity index (χ3v) is 8.82. The van der Waals surface area contributed by atoms with Gasteiger partial charge in [-0.25, -0.2) is 9.97 Å². The third-order valence-electron chi connectivity index (χ3n) is 8.53. The first kappa shape index (κ1) is 24.6. The molecule has 0 N–H and O–H groups in total. The molecule has 3 aliphatic heterocycles. The molecular weight excluding hydrogens is 480 g/mol. The highest BCUT2D eigenvalue weighted by Crippen LogP contribution is 2.57. The standard InChI is InChI=1S/C29H36N6OS/c1-2-6-24(37)20-33-15-9-21(10-16-33)27(36)34-17-11-23(12-18-34)35-26-25(8-5-13-30-26)32-28(35)29-19-22(29)7-3-4-14-31-29/h2-3,5-8,13-14,21-23,37H,1,4,9-12,15-20H2/b24-6-. The predicted molar refractivity (Wildman–Crippen MR) is 151 cm³/mol. The van der Waals surface area contributed by atoms with Crippen molar-refractivity contribution in [3.05, 3.63) is 59.9 Å². The van der Waals surface area contributed by atoms with Crippen molar-refractivity contribution in [3.63, 3.8) is 0 Å². The summed E-state index contributed by atoms with van der Waals surface area (Å²) in [4.78, 5) is 33.8. The highest BCUT2D eigenvalue weighted by Gasteiger charge is 2.58. The topological polar surface area (TPSA) is 66.6 Å². The quantitative estimate of drug-likeness (QED) is 0.348. The van der Waals surface area contributed by atoms with Crippen molar-refractivity contribution in [3.8, 4) is 0 Å². The Morgan fingerprint density at radius 3 is 2.78 bits per heavy atom. The summed E-state index contributed by atoms with van der Waals surface area (Å²) in [6.45, 7) is 8.04. The lowest BCUT2D eigenvalue weighted by molar-refractivity contribution is -0.138. The van der Waals surface area contributed by atoms with Crippen LogP contribution in [0.1, 0.15) is 50.4 Å². The van der Waals surface area contributed by atoms with E-state index in [0.717, 1.165) is 93.1 Å². The fraction of sp³-hybridized carbons (Fsp3) is 0.517. The lowest BCUT2D eigenvalue weighted by atomic mass is 9.93. The number of hydrogen-bond acceptors (Lipinski definition) is 6. The molecule has 0 aromatic carbocycles. The van der Waals surface area contributed by atoms with Gasteiger partial charge in [0.05, 0.1) is 0 Å². The Kier molecular flexibility index (Phi) is 6.80. The summed E-state index contributed by atoms with van der Waals surface area (Å²) in [5.74, 6) is 1.93. The van der Waals surface area contributed by atoms with Crippen molar-refractivity contribution in [2.45, 2.75) is 50.1 Å². The van der Waals surface area contributed by atoms with Gasteiger partial charge < -0.3 is 9.47 Å². The summed E-state index contributed by atoms with van der Waals surface area (Å²) in [5.41, 5.74) is 1.65. The molecule has 194 valence electrons. The third kappa shape index (κ3) is 4.70. The number of allylic oxidation sites excluding steroid dienone is 3. The Bertz CT molecular complexity index is 1260. The number of carbonyl (C=O) groups is 1. The molecule has 2 unspecified atom stereocenters. The number of imidazole rings is 1. The van der Waals surface area contributed by atoms with E-state index in [1.165, 1.54) is 0 Å². The highest BCUT2D eigenvalue weighted by molar-refractivity contribution is 7.84. The number of nitrogens with zero attached hydrogens (tertiary/aromatic N) is 6. The molecule has 0 bridgehead atoms. The van der Waals surface area contributed by atoms with Gasteiger partial charge in [-0.05, 0) is 62.2 Å². The average molecular weight is 517 g/mol. The maximum atomic E-state index is 13.4. The summed E-state index contributed by atoms with van der Waals surface area (Å²) in [5, 5.41) is 0.